The van der Waals surface area contributed by atoms with E-state index in [-0.39, 0.29) is 0 Å². The zero-order valence-corrected chi connectivity index (χ0v) is 13.2. The van der Waals surface area contributed by atoms with Crippen LogP contribution in [0.1, 0.15) is 11.1 Å². The SMILES string of the molecule is COc1cccc(Nc2ncc3c(n2)-c2ccccc2C=NC3)c1. The van der Waals surface area contributed by atoms with Gasteiger partial charge in [0.1, 0.15) is 5.75 Å². The van der Waals surface area contributed by atoms with Gasteiger partial charge in [0.2, 0.25) is 5.95 Å². The van der Waals surface area contributed by atoms with E-state index in [9.17, 15) is 0 Å². The first kappa shape index (κ1) is 14.4. The number of benzene rings is 2. The van der Waals surface area contributed by atoms with Crippen LogP contribution in [0.25, 0.3) is 11.3 Å². The Kier molecular flexibility index (Phi) is 3.67. The Morgan fingerprint density at radius 3 is 2.92 bits per heavy atom. The molecule has 0 aliphatic carbocycles. The molecule has 1 aromatic heterocycles. The third-order valence-electron chi connectivity index (χ3n) is 3.90. The van der Waals surface area contributed by atoms with Crippen LogP contribution < -0.4 is 10.1 Å². The minimum atomic E-state index is 0.554. The highest BCUT2D eigenvalue weighted by molar-refractivity contribution is 5.91. The number of ether oxygens (including phenoxy) is 1. The van der Waals surface area contributed by atoms with Gasteiger partial charge in [-0.2, -0.15) is 0 Å². The van der Waals surface area contributed by atoms with Crippen LogP contribution in [0.5, 0.6) is 5.75 Å². The lowest BCUT2D eigenvalue weighted by molar-refractivity contribution is 0.415. The molecule has 3 aromatic rings. The lowest BCUT2D eigenvalue weighted by Crippen LogP contribution is -2.01. The predicted molar refractivity (Wildman–Crippen MR) is 95.0 cm³/mol. The number of aliphatic imine (C=N–C) groups is 1. The smallest absolute Gasteiger partial charge is 0.227 e. The molecular weight excluding hydrogens is 300 g/mol. The second kappa shape index (κ2) is 6.12. The topological polar surface area (TPSA) is 59.4 Å². The molecule has 1 N–H and O–H groups in total. The summed E-state index contributed by atoms with van der Waals surface area (Å²) in [5.74, 6) is 1.34. The second-order valence-electron chi connectivity index (χ2n) is 5.48. The number of fused-ring (bicyclic) bond motifs is 3. The van der Waals surface area contributed by atoms with Gasteiger partial charge in [-0.05, 0) is 12.1 Å². The van der Waals surface area contributed by atoms with Gasteiger partial charge in [-0.3, -0.25) is 4.99 Å². The number of hydrogen-bond acceptors (Lipinski definition) is 5. The van der Waals surface area contributed by atoms with Crippen LogP contribution in [-0.2, 0) is 6.54 Å². The maximum atomic E-state index is 5.25. The van der Waals surface area contributed by atoms with Crippen LogP contribution in [0.3, 0.4) is 0 Å². The minimum absolute atomic E-state index is 0.554. The molecule has 0 fully saturated rings. The third kappa shape index (κ3) is 2.72. The summed E-state index contributed by atoms with van der Waals surface area (Å²) in [6.07, 6.45) is 3.73. The molecule has 0 radical (unpaired) electrons. The molecule has 4 rings (SSSR count). The molecule has 0 bridgehead atoms. The van der Waals surface area contributed by atoms with Gasteiger partial charge in [-0.15, -0.1) is 0 Å². The van der Waals surface area contributed by atoms with Gasteiger partial charge < -0.3 is 10.1 Å². The molecule has 118 valence electrons. The molecule has 5 heteroatoms. The molecule has 5 nitrogen and oxygen atoms in total. The first-order chi connectivity index (χ1) is 11.8. The van der Waals surface area contributed by atoms with E-state index >= 15 is 0 Å². The average Bonchev–Trinajstić information content (AvgIpc) is 2.81. The summed E-state index contributed by atoms with van der Waals surface area (Å²) in [4.78, 5) is 13.6. The normalized spacial score (nSPS) is 12.0. The van der Waals surface area contributed by atoms with E-state index in [1.165, 1.54) is 0 Å². The fraction of sp³-hybridized carbons (Fsp3) is 0.105. The first-order valence-corrected chi connectivity index (χ1v) is 7.70. The zero-order chi connectivity index (χ0) is 16.4. The standard InChI is InChI=1S/C19H16N4O/c1-24-16-7-4-6-15(9-16)22-19-21-12-14-11-20-10-13-5-2-3-8-17(13)18(14)23-19/h2-10,12H,11H2,1H3,(H,21,22,23). The fourth-order valence-electron chi connectivity index (χ4n) is 2.71. The van der Waals surface area contributed by atoms with Gasteiger partial charge in [0.25, 0.3) is 0 Å². The number of nitrogens with one attached hydrogen (secondary N) is 1. The van der Waals surface area contributed by atoms with Crippen LogP contribution in [0.15, 0.2) is 59.7 Å². The first-order valence-electron chi connectivity index (χ1n) is 7.70. The molecule has 0 unspecified atom stereocenters. The van der Waals surface area contributed by atoms with E-state index in [0.29, 0.717) is 12.5 Å². The summed E-state index contributed by atoms with van der Waals surface area (Å²) in [6, 6.07) is 15.8. The van der Waals surface area contributed by atoms with Gasteiger partial charge in [-0.1, -0.05) is 30.3 Å². The van der Waals surface area contributed by atoms with Crippen LogP contribution in [0.2, 0.25) is 0 Å². The average molecular weight is 316 g/mol. The van der Waals surface area contributed by atoms with Crippen molar-refractivity contribution in [1.82, 2.24) is 9.97 Å². The van der Waals surface area contributed by atoms with Gasteiger partial charge in [0.15, 0.2) is 0 Å². The highest BCUT2D eigenvalue weighted by Crippen LogP contribution is 2.28. The summed E-state index contributed by atoms with van der Waals surface area (Å²) < 4.78 is 5.25. The predicted octanol–water partition coefficient (Wildman–Crippen LogP) is 3.83. The van der Waals surface area contributed by atoms with Crippen molar-refractivity contribution >= 4 is 17.9 Å². The van der Waals surface area contributed by atoms with E-state index in [2.05, 4.69) is 21.4 Å². The molecule has 0 spiro atoms. The number of hydrogen-bond donors (Lipinski definition) is 1. The number of aromatic nitrogens is 2. The quantitative estimate of drug-likeness (QED) is 0.798. The molecule has 0 amide bonds. The summed E-state index contributed by atoms with van der Waals surface area (Å²) in [7, 11) is 1.65. The molecule has 0 saturated carbocycles. The van der Waals surface area contributed by atoms with Crippen LogP contribution in [0.4, 0.5) is 11.6 Å². The number of anilines is 2. The number of methoxy groups -OCH3 is 1. The van der Waals surface area contributed by atoms with Crippen molar-refractivity contribution in [3.63, 3.8) is 0 Å². The zero-order valence-electron chi connectivity index (χ0n) is 13.2. The Morgan fingerprint density at radius 2 is 2.00 bits per heavy atom. The highest BCUT2D eigenvalue weighted by atomic mass is 16.5. The lowest BCUT2D eigenvalue weighted by Gasteiger charge is -2.11. The van der Waals surface area contributed by atoms with E-state index in [4.69, 9.17) is 9.72 Å². The molecule has 2 aromatic carbocycles. The Hall–Kier alpha value is -3.21. The van der Waals surface area contributed by atoms with E-state index in [1.54, 1.807) is 7.11 Å². The summed E-state index contributed by atoms with van der Waals surface area (Å²) >= 11 is 0. The van der Waals surface area contributed by atoms with Crippen LogP contribution in [0, 0.1) is 0 Å². The fourth-order valence-corrected chi connectivity index (χ4v) is 2.71. The molecule has 1 aliphatic heterocycles. The largest absolute Gasteiger partial charge is 0.497 e. The molecule has 2 heterocycles. The summed E-state index contributed by atoms with van der Waals surface area (Å²) in [5, 5.41) is 3.24. The highest BCUT2D eigenvalue weighted by Gasteiger charge is 2.14. The van der Waals surface area contributed by atoms with Crippen molar-refractivity contribution in [3.05, 3.63) is 65.9 Å². The van der Waals surface area contributed by atoms with E-state index in [1.807, 2.05) is 54.9 Å². The van der Waals surface area contributed by atoms with Crippen molar-refractivity contribution in [2.24, 2.45) is 4.99 Å². The second-order valence-corrected chi connectivity index (χ2v) is 5.48. The van der Waals surface area contributed by atoms with E-state index in [0.717, 1.165) is 33.8 Å². The lowest BCUT2D eigenvalue weighted by atomic mass is 10.0. The Bertz CT molecular complexity index is 921. The van der Waals surface area contributed by atoms with Gasteiger partial charge >= 0.3 is 0 Å². The maximum Gasteiger partial charge on any atom is 0.227 e. The number of nitrogens with zero attached hydrogens (tertiary/aromatic N) is 3. The monoisotopic (exact) mass is 316 g/mol. The van der Waals surface area contributed by atoms with Crippen molar-refractivity contribution in [1.29, 1.82) is 0 Å². The number of rotatable bonds is 3. The maximum absolute atomic E-state index is 5.25. The molecule has 0 saturated heterocycles. The van der Waals surface area contributed by atoms with Gasteiger partial charge in [0, 0.05) is 40.9 Å². The third-order valence-corrected chi connectivity index (χ3v) is 3.90. The van der Waals surface area contributed by atoms with Gasteiger partial charge in [-0.25, -0.2) is 9.97 Å². The van der Waals surface area contributed by atoms with Crippen molar-refractivity contribution in [2.75, 3.05) is 12.4 Å². The summed E-state index contributed by atoms with van der Waals surface area (Å²) in [6.45, 7) is 0.587. The van der Waals surface area contributed by atoms with Crippen LogP contribution in [-0.4, -0.2) is 23.3 Å². The van der Waals surface area contributed by atoms with Crippen molar-refractivity contribution < 1.29 is 4.74 Å². The molecule has 1 aliphatic rings. The van der Waals surface area contributed by atoms with Gasteiger partial charge in [0.05, 0.1) is 19.3 Å². The Morgan fingerprint density at radius 1 is 1.08 bits per heavy atom. The molecule has 24 heavy (non-hydrogen) atoms. The minimum Gasteiger partial charge on any atom is -0.497 e. The Balaban J connectivity index is 1.73. The Labute approximate surface area is 140 Å². The van der Waals surface area contributed by atoms with E-state index < -0.39 is 0 Å². The van der Waals surface area contributed by atoms with Crippen molar-refractivity contribution in [3.8, 4) is 17.0 Å². The van der Waals surface area contributed by atoms with Crippen molar-refractivity contribution in [2.45, 2.75) is 6.54 Å². The molecule has 0 atom stereocenters. The van der Waals surface area contributed by atoms with Crippen LogP contribution >= 0.6 is 0 Å². The summed E-state index contributed by atoms with van der Waals surface area (Å²) in [5.41, 5.74) is 4.97. The molecular formula is C19H16N4O.